The molecule has 2 amide bonds. The zero-order chi connectivity index (χ0) is 15.9. The molecule has 4 fully saturated rings. The normalized spacial score (nSPS) is 34.2. The lowest BCUT2D eigenvalue weighted by Gasteiger charge is -2.56. The summed E-state index contributed by atoms with van der Waals surface area (Å²) in [5.74, 6) is 1.24. The minimum atomic E-state index is -0.537. The zero-order valence-electron chi connectivity index (χ0n) is 13.3. The first-order chi connectivity index (χ1) is 11.1. The van der Waals surface area contributed by atoms with Crippen LogP contribution in [0.1, 0.15) is 44.1 Å². The van der Waals surface area contributed by atoms with Gasteiger partial charge in [0.1, 0.15) is 0 Å². The van der Waals surface area contributed by atoms with E-state index in [1.165, 1.54) is 19.3 Å². The quantitative estimate of drug-likeness (QED) is 0.836. The summed E-state index contributed by atoms with van der Waals surface area (Å²) < 4.78 is 0. The third-order valence-corrected chi connectivity index (χ3v) is 5.80. The predicted molar refractivity (Wildman–Crippen MR) is 85.1 cm³/mol. The van der Waals surface area contributed by atoms with Crippen molar-refractivity contribution >= 4 is 11.8 Å². The average Bonchev–Trinajstić information content (AvgIpc) is 2.51. The highest BCUT2D eigenvalue weighted by Crippen LogP contribution is 2.55. The Labute approximate surface area is 136 Å². The highest BCUT2D eigenvalue weighted by atomic mass is 16.2. The van der Waals surface area contributed by atoms with Gasteiger partial charge in [0.2, 0.25) is 0 Å². The van der Waals surface area contributed by atoms with Crippen LogP contribution < -0.4 is 10.6 Å². The van der Waals surface area contributed by atoms with E-state index in [-0.39, 0.29) is 5.54 Å². The fourth-order valence-electron chi connectivity index (χ4n) is 5.33. The van der Waals surface area contributed by atoms with Gasteiger partial charge in [0.05, 0.1) is 0 Å². The SMILES string of the molecule is O=C(NCc1cccnc1)C(=O)NC12CC3CC(CC(C3)C1)C2. The monoisotopic (exact) mass is 313 g/mol. The van der Waals surface area contributed by atoms with Crippen molar-refractivity contribution in [3.05, 3.63) is 30.1 Å². The van der Waals surface area contributed by atoms with Crippen LogP contribution in [0.3, 0.4) is 0 Å². The molecule has 0 aliphatic heterocycles. The number of nitrogens with zero attached hydrogens (tertiary/aromatic N) is 1. The second-order valence-electron chi connectivity index (χ2n) is 7.70. The van der Waals surface area contributed by atoms with Gasteiger partial charge in [-0.25, -0.2) is 0 Å². The molecule has 0 spiro atoms. The van der Waals surface area contributed by atoms with E-state index in [4.69, 9.17) is 0 Å². The summed E-state index contributed by atoms with van der Waals surface area (Å²) in [6, 6.07) is 3.70. The molecule has 2 N–H and O–H groups in total. The molecule has 23 heavy (non-hydrogen) atoms. The average molecular weight is 313 g/mol. The molecular formula is C18H23N3O2. The maximum Gasteiger partial charge on any atom is 0.309 e. The molecule has 122 valence electrons. The molecule has 5 heteroatoms. The third-order valence-electron chi connectivity index (χ3n) is 5.80. The van der Waals surface area contributed by atoms with Crippen molar-refractivity contribution < 1.29 is 9.59 Å². The van der Waals surface area contributed by atoms with Gasteiger partial charge in [-0.1, -0.05) is 6.07 Å². The first-order valence-electron chi connectivity index (χ1n) is 8.61. The summed E-state index contributed by atoms with van der Waals surface area (Å²) in [5, 5.41) is 5.78. The number of carbonyl (C=O) groups is 2. The predicted octanol–water partition coefficient (Wildman–Crippen LogP) is 1.78. The number of nitrogens with one attached hydrogen (secondary N) is 2. The summed E-state index contributed by atoms with van der Waals surface area (Å²) >= 11 is 0. The first-order valence-corrected chi connectivity index (χ1v) is 8.61. The number of pyridine rings is 1. The van der Waals surface area contributed by atoms with Crippen LogP contribution in [0.15, 0.2) is 24.5 Å². The lowest BCUT2D eigenvalue weighted by molar-refractivity contribution is -0.142. The van der Waals surface area contributed by atoms with Gasteiger partial charge in [0.25, 0.3) is 0 Å². The lowest BCUT2D eigenvalue weighted by atomic mass is 9.53. The minimum absolute atomic E-state index is 0.114. The van der Waals surface area contributed by atoms with Crippen molar-refractivity contribution in [2.75, 3.05) is 0 Å². The van der Waals surface area contributed by atoms with E-state index in [2.05, 4.69) is 15.6 Å². The van der Waals surface area contributed by atoms with Crippen LogP contribution in [0.25, 0.3) is 0 Å². The summed E-state index contributed by atoms with van der Waals surface area (Å²) in [7, 11) is 0. The summed E-state index contributed by atoms with van der Waals surface area (Å²) in [6.07, 6.45) is 10.5. The van der Waals surface area contributed by atoms with Crippen molar-refractivity contribution in [2.24, 2.45) is 17.8 Å². The molecule has 4 saturated carbocycles. The van der Waals surface area contributed by atoms with Crippen LogP contribution in [0.5, 0.6) is 0 Å². The smallest absolute Gasteiger partial charge is 0.309 e. The van der Waals surface area contributed by atoms with E-state index in [0.29, 0.717) is 6.54 Å². The van der Waals surface area contributed by atoms with E-state index >= 15 is 0 Å². The molecule has 5 nitrogen and oxygen atoms in total. The Morgan fingerprint density at radius 1 is 1.09 bits per heavy atom. The van der Waals surface area contributed by atoms with E-state index in [9.17, 15) is 9.59 Å². The van der Waals surface area contributed by atoms with Crippen LogP contribution in [0.2, 0.25) is 0 Å². The van der Waals surface area contributed by atoms with Crippen LogP contribution in [0, 0.1) is 17.8 Å². The molecule has 0 atom stereocenters. The molecule has 0 unspecified atom stereocenters. The van der Waals surface area contributed by atoms with Gasteiger partial charge in [0.15, 0.2) is 0 Å². The minimum Gasteiger partial charge on any atom is -0.344 e. The van der Waals surface area contributed by atoms with E-state index < -0.39 is 11.8 Å². The van der Waals surface area contributed by atoms with Crippen LogP contribution in [0.4, 0.5) is 0 Å². The van der Waals surface area contributed by atoms with Crippen molar-refractivity contribution in [2.45, 2.75) is 50.6 Å². The van der Waals surface area contributed by atoms with Crippen molar-refractivity contribution in [1.29, 1.82) is 0 Å². The second-order valence-corrected chi connectivity index (χ2v) is 7.70. The Hall–Kier alpha value is -1.91. The molecule has 0 saturated heterocycles. The largest absolute Gasteiger partial charge is 0.344 e. The van der Waals surface area contributed by atoms with Gasteiger partial charge < -0.3 is 10.6 Å². The van der Waals surface area contributed by atoms with Crippen LogP contribution in [-0.4, -0.2) is 22.3 Å². The Balaban J connectivity index is 1.35. The number of amides is 2. The molecule has 4 aliphatic carbocycles. The van der Waals surface area contributed by atoms with E-state index in [0.717, 1.165) is 42.6 Å². The van der Waals surface area contributed by atoms with Gasteiger partial charge in [0, 0.05) is 24.5 Å². The number of hydrogen-bond acceptors (Lipinski definition) is 3. The highest BCUT2D eigenvalue weighted by Gasteiger charge is 2.51. The molecule has 1 aromatic heterocycles. The van der Waals surface area contributed by atoms with Crippen molar-refractivity contribution in [1.82, 2.24) is 15.6 Å². The Bertz CT molecular complexity index is 579. The number of rotatable bonds is 3. The zero-order valence-corrected chi connectivity index (χ0v) is 13.3. The lowest BCUT2D eigenvalue weighted by Crippen LogP contribution is -2.61. The Morgan fingerprint density at radius 2 is 1.74 bits per heavy atom. The topological polar surface area (TPSA) is 71.1 Å². The fourth-order valence-corrected chi connectivity index (χ4v) is 5.33. The molecular weight excluding hydrogens is 290 g/mol. The van der Waals surface area contributed by atoms with Crippen molar-refractivity contribution in [3.8, 4) is 0 Å². The summed E-state index contributed by atoms with van der Waals surface area (Å²) in [5.41, 5.74) is 0.778. The number of aromatic nitrogens is 1. The van der Waals surface area contributed by atoms with Gasteiger partial charge >= 0.3 is 11.8 Å². The van der Waals surface area contributed by atoms with Gasteiger partial charge in [-0.3, -0.25) is 14.6 Å². The van der Waals surface area contributed by atoms with E-state index in [1.807, 2.05) is 12.1 Å². The molecule has 5 rings (SSSR count). The number of hydrogen-bond donors (Lipinski definition) is 2. The maximum atomic E-state index is 12.3. The fraction of sp³-hybridized carbons (Fsp3) is 0.611. The molecule has 0 radical (unpaired) electrons. The van der Waals surface area contributed by atoms with Crippen molar-refractivity contribution in [3.63, 3.8) is 0 Å². The molecule has 0 aromatic carbocycles. The Morgan fingerprint density at radius 3 is 2.30 bits per heavy atom. The first kappa shape index (κ1) is 14.7. The number of carbonyl (C=O) groups excluding carboxylic acids is 2. The Kier molecular flexibility index (Phi) is 3.58. The maximum absolute atomic E-state index is 12.3. The van der Waals surface area contributed by atoms with Crippen LogP contribution >= 0.6 is 0 Å². The van der Waals surface area contributed by atoms with E-state index in [1.54, 1.807) is 12.4 Å². The highest BCUT2D eigenvalue weighted by molar-refractivity contribution is 6.35. The molecule has 1 heterocycles. The molecule has 1 aromatic rings. The second kappa shape index (κ2) is 5.62. The third kappa shape index (κ3) is 2.96. The standard InChI is InChI=1S/C18H23N3O2/c22-16(20-11-12-2-1-3-19-10-12)17(23)21-18-7-13-4-14(8-18)6-15(5-13)9-18/h1-3,10,13-15H,4-9,11H2,(H,20,22)(H,21,23). The molecule has 4 bridgehead atoms. The summed E-state index contributed by atoms with van der Waals surface area (Å²) in [6.45, 7) is 0.334. The van der Waals surface area contributed by atoms with Gasteiger partial charge in [-0.15, -0.1) is 0 Å². The van der Waals surface area contributed by atoms with Crippen LogP contribution in [-0.2, 0) is 16.1 Å². The van der Waals surface area contributed by atoms with Gasteiger partial charge in [-0.2, -0.15) is 0 Å². The molecule has 4 aliphatic rings. The summed E-state index contributed by atoms with van der Waals surface area (Å²) in [4.78, 5) is 28.4. The van der Waals surface area contributed by atoms with Gasteiger partial charge in [-0.05, 0) is 67.9 Å².